The fourth-order valence-corrected chi connectivity index (χ4v) is 2.64. The molecular weight excluding hydrogens is 362 g/mol. The number of pyridine rings is 1. The molecule has 0 saturated carbocycles. The summed E-state index contributed by atoms with van der Waals surface area (Å²) >= 11 is 6.11. The van der Waals surface area contributed by atoms with Crippen molar-refractivity contribution in [3.8, 4) is 11.9 Å². The predicted molar refractivity (Wildman–Crippen MR) is 109 cm³/mol. The number of aromatic nitrogens is 1. The van der Waals surface area contributed by atoms with E-state index >= 15 is 0 Å². The van der Waals surface area contributed by atoms with Crippen LogP contribution in [0.2, 0.25) is 5.02 Å². The number of unbranched alkanes of at least 4 members (excludes halogenated alkanes) is 2. The van der Waals surface area contributed by atoms with E-state index in [-0.39, 0.29) is 6.10 Å². The molecule has 0 bridgehead atoms. The van der Waals surface area contributed by atoms with Crippen molar-refractivity contribution in [3.05, 3.63) is 53.8 Å². The van der Waals surface area contributed by atoms with Crippen LogP contribution in [-0.4, -0.2) is 23.6 Å². The Balaban J connectivity index is 1.66. The molecule has 1 unspecified atom stereocenters. The number of nitrogens with zero attached hydrogens (tertiary/aromatic N) is 3. The highest BCUT2D eigenvalue weighted by Gasteiger charge is 2.06. The second-order valence-electron chi connectivity index (χ2n) is 6.04. The van der Waals surface area contributed by atoms with E-state index < -0.39 is 0 Å². The molecule has 7 heteroatoms. The molecule has 0 aliphatic carbocycles. The number of guanidine groups is 1. The summed E-state index contributed by atoms with van der Waals surface area (Å²) in [6.07, 6.45) is 9.33. The van der Waals surface area contributed by atoms with E-state index in [9.17, 15) is 0 Å². The molecule has 0 aliphatic rings. The second kappa shape index (κ2) is 11.8. The zero-order chi connectivity index (χ0) is 19.3. The molecule has 0 spiro atoms. The summed E-state index contributed by atoms with van der Waals surface area (Å²) in [4.78, 5) is 8.42. The number of rotatable bonds is 9. The van der Waals surface area contributed by atoms with Gasteiger partial charge in [0.05, 0.1) is 23.0 Å². The molecule has 2 N–H and O–H groups in total. The van der Waals surface area contributed by atoms with Crippen LogP contribution in [0.1, 0.15) is 32.6 Å². The van der Waals surface area contributed by atoms with E-state index in [2.05, 4.69) is 20.6 Å². The minimum Gasteiger partial charge on any atom is -0.489 e. The summed E-state index contributed by atoms with van der Waals surface area (Å²) in [5.41, 5.74) is 0.782. The smallest absolute Gasteiger partial charge is 0.209 e. The van der Waals surface area contributed by atoms with Crippen molar-refractivity contribution < 1.29 is 4.74 Å². The molecule has 0 aliphatic heterocycles. The van der Waals surface area contributed by atoms with Crippen molar-refractivity contribution in [3.63, 3.8) is 0 Å². The predicted octanol–water partition coefficient (Wildman–Crippen LogP) is 4.60. The van der Waals surface area contributed by atoms with Crippen molar-refractivity contribution in [1.82, 2.24) is 10.3 Å². The zero-order valence-corrected chi connectivity index (χ0v) is 16.1. The lowest BCUT2D eigenvalue weighted by Crippen LogP contribution is -2.27. The van der Waals surface area contributed by atoms with Crippen LogP contribution in [0.15, 0.2) is 53.8 Å². The van der Waals surface area contributed by atoms with Gasteiger partial charge in [0.2, 0.25) is 5.96 Å². The van der Waals surface area contributed by atoms with Gasteiger partial charge in [-0.1, -0.05) is 30.2 Å². The van der Waals surface area contributed by atoms with Crippen LogP contribution in [0.3, 0.4) is 0 Å². The third-order valence-electron chi connectivity index (χ3n) is 3.80. The molecule has 0 saturated heterocycles. The summed E-state index contributed by atoms with van der Waals surface area (Å²) in [5, 5.41) is 15.1. The first kappa shape index (κ1) is 20.5. The molecule has 1 aromatic heterocycles. The Bertz CT molecular complexity index is 760. The molecule has 1 atom stereocenters. The minimum absolute atomic E-state index is 0.108. The van der Waals surface area contributed by atoms with Gasteiger partial charge < -0.3 is 10.1 Å². The van der Waals surface area contributed by atoms with Gasteiger partial charge in [0, 0.05) is 12.7 Å². The minimum atomic E-state index is 0.108. The van der Waals surface area contributed by atoms with Crippen molar-refractivity contribution in [1.29, 1.82) is 5.26 Å². The molecule has 2 rings (SSSR count). The number of halogens is 1. The summed E-state index contributed by atoms with van der Waals surface area (Å²) < 4.78 is 5.87. The standard InChI is InChI=1S/C20H24ClN5O/c1-16(27-19-11-5-4-10-18(19)21)8-3-2-6-13-24-20(25-15-22)26-17-9-7-12-23-14-17/h4-5,7,9-12,14,16H,2-3,6,8,13H2,1H3,(H2,24,25,26). The summed E-state index contributed by atoms with van der Waals surface area (Å²) in [6, 6.07) is 11.2. The lowest BCUT2D eigenvalue weighted by molar-refractivity contribution is 0.206. The summed E-state index contributed by atoms with van der Waals surface area (Å²) in [6.45, 7) is 2.69. The molecule has 1 heterocycles. The van der Waals surface area contributed by atoms with Gasteiger partial charge in [0.15, 0.2) is 6.19 Å². The van der Waals surface area contributed by atoms with Crippen LogP contribution in [0, 0.1) is 11.5 Å². The summed E-state index contributed by atoms with van der Waals surface area (Å²) in [7, 11) is 0. The van der Waals surface area contributed by atoms with Gasteiger partial charge in [-0.3, -0.25) is 15.3 Å². The van der Waals surface area contributed by atoms with Gasteiger partial charge in [-0.25, -0.2) is 0 Å². The van der Waals surface area contributed by atoms with Crippen LogP contribution in [0.5, 0.6) is 5.75 Å². The molecule has 1 aromatic carbocycles. The normalized spacial score (nSPS) is 12.1. The Morgan fingerprint density at radius 1 is 1.26 bits per heavy atom. The zero-order valence-electron chi connectivity index (χ0n) is 15.4. The molecule has 0 fully saturated rings. The highest BCUT2D eigenvalue weighted by Crippen LogP contribution is 2.25. The maximum Gasteiger partial charge on any atom is 0.209 e. The lowest BCUT2D eigenvalue weighted by Gasteiger charge is -2.15. The lowest BCUT2D eigenvalue weighted by atomic mass is 10.1. The monoisotopic (exact) mass is 385 g/mol. The number of para-hydroxylation sites is 1. The fourth-order valence-electron chi connectivity index (χ4n) is 2.46. The fraction of sp³-hybridized carbons (Fsp3) is 0.350. The molecule has 0 amide bonds. The molecule has 0 radical (unpaired) electrons. The Hall–Kier alpha value is -2.78. The topological polar surface area (TPSA) is 82.3 Å². The number of ether oxygens (including phenoxy) is 1. The Morgan fingerprint density at radius 3 is 2.85 bits per heavy atom. The first-order valence-electron chi connectivity index (χ1n) is 8.97. The number of nitriles is 1. The quantitative estimate of drug-likeness (QED) is 0.217. The Labute approximate surface area is 165 Å². The van der Waals surface area contributed by atoms with Gasteiger partial charge in [-0.05, 0) is 50.5 Å². The number of hydrogen-bond acceptors (Lipinski definition) is 4. The first-order chi connectivity index (χ1) is 13.2. The van der Waals surface area contributed by atoms with Crippen LogP contribution < -0.4 is 15.4 Å². The SMILES string of the molecule is CC(CCCCCN=C(NC#N)Nc1cccnc1)Oc1ccccc1Cl. The Morgan fingerprint density at radius 2 is 2.11 bits per heavy atom. The second-order valence-corrected chi connectivity index (χ2v) is 6.45. The van der Waals surface area contributed by atoms with Gasteiger partial charge in [0.1, 0.15) is 5.75 Å². The van der Waals surface area contributed by atoms with E-state index in [0.29, 0.717) is 17.5 Å². The van der Waals surface area contributed by atoms with Gasteiger partial charge in [0.25, 0.3) is 0 Å². The largest absolute Gasteiger partial charge is 0.489 e. The van der Waals surface area contributed by atoms with Crippen LogP contribution in [0.25, 0.3) is 0 Å². The average Bonchev–Trinajstić information content (AvgIpc) is 2.67. The maximum absolute atomic E-state index is 8.84. The van der Waals surface area contributed by atoms with Gasteiger partial charge in [-0.2, -0.15) is 5.26 Å². The summed E-state index contributed by atoms with van der Waals surface area (Å²) in [5.74, 6) is 1.16. The van der Waals surface area contributed by atoms with Crippen molar-refractivity contribution in [2.24, 2.45) is 4.99 Å². The number of nitrogens with one attached hydrogen (secondary N) is 2. The van der Waals surface area contributed by atoms with E-state index in [1.807, 2.05) is 49.5 Å². The highest BCUT2D eigenvalue weighted by molar-refractivity contribution is 6.32. The molecule has 2 aromatic rings. The van der Waals surface area contributed by atoms with Gasteiger partial charge >= 0.3 is 0 Å². The number of anilines is 1. The van der Waals surface area contributed by atoms with E-state index in [1.54, 1.807) is 12.4 Å². The number of benzene rings is 1. The van der Waals surface area contributed by atoms with Crippen molar-refractivity contribution in [2.45, 2.75) is 38.7 Å². The third-order valence-corrected chi connectivity index (χ3v) is 4.11. The van der Waals surface area contributed by atoms with Crippen molar-refractivity contribution >= 4 is 23.2 Å². The maximum atomic E-state index is 8.84. The van der Waals surface area contributed by atoms with E-state index in [4.69, 9.17) is 21.6 Å². The molecule has 142 valence electrons. The Kier molecular flexibility index (Phi) is 8.94. The number of hydrogen-bond donors (Lipinski definition) is 2. The van der Waals surface area contributed by atoms with E-state index in [1.165, 1.54) is 0 Å². The van der Waals surface area contributed by atoms with Gasteiger partial charge in [-0.15, -0.1) is 0 Å². The van der Waals surface area contributed by atoms with Crippen molar-refractivity contribution in [2.75, 3.05) is 11.9 Å². The third kappa shape index (κ3) is 7.97. The van der Waals surface area contributed by atoms with Crippen LogP contribution in [0.4, 0.5) is 5.69 Å². The average molecular weight is 386 g/mol. The molecular formula is C20H24ClN5O. The van der Waals surface area contributed by atoms with Crippen LogP contribution >= 0.6 is 11.6 Å². The molecule has 27 heavy (non-hydrogen) atoms. The first-order valence-corrected chi connectivity index (χ1v) is 9.34. The van der Waals surface area contributed by atoms with E-state index in [0.717, 1.165) is 37.1 Å². The van der Waals surface area contributed by atoms with Crippen LogP contribution in [-0.2, 0) is 0 Å². The highest BCUT2D eigenvalue weighted by atomic mass is 35.5. The molecule has 6 nitrogen and oxygen atoms in total. The number of aliphatic imine (C=N–C) groups is 1.